The van der Waals surface area contributed by atoms with Gasteiger partial charge in [-0.25, -0.2) is 0 Å². The first kappa shape index (κ1) is 15.0. The van der Waals surface area contributed by atoms with Crippen molar-refractivity contribution in [2.75, 3.05) is 39.3 Å². The molecule has 0 aromatic rings. The molecule has 0 radical (unpaired) electrons. The zero-order chi connectivity index (χ0) is 11.0. The Balaban J connectivity index is 0.000000292. The highest BCUT2D eigenvalue weighted by Crippen LogP contribution is 2.61. The first-order valence-corrected chi connectivity index (χ1v) is 8.58. The summed E-state index contributed by atoms with van der Waals surface area (Å²) >= 11 is 13.8. The Bertz CT molecular complexity index is 173. The third kappa shape index (κ3) is 13.0. The number of aliphatic hydroxyl groups is 1. The quantitative estimate of drug-likeness (QED) is 0.757. The van der Waals surface area contributed by atoms with Crippen LogP contribution in [0.2, 0.25) is 0 Å². The number of β-amino-alcohol motifs (C(OH)–C–C–N with tert-alkyl or cyclic N) is 1. The van der Waals surface area contributed by atoms with Crippen LogP contribution in [0.1, 0.15) is 0 Å². The second kappa shape index (κ2) is 8.17. The molecule has 14 heavy (non-hydrogen) atoms. The summed E-state index contributed by atoms with van der Waals surface area (Å²) in [5.41, 5.74) is 0. The second-order valence-corrected chi connectivity index (χ2v) is 9.35. The van der Waals surface area contributed by atoms with E-state index in [1.54, 1.807) is 0 Å². The van der Waals surface area contributed by atoms with Crippen LogP contribution < -0.4 is 5.32 Å². The number of hydrogen-bond acceptors (Lipinski definition) is 4. The highest BCUT2D eigenvalue weighted by molar-refractivity contribution is 8.24. The molecule has 1 fully saturated rings. The van der Waals surface area contributed by atoms with Gasteiger partial charge >= 0.3 is 5.20 Å². The summed E-state index contributed by atoms with van der Waals surface area (Å²) in [7, 11) is 0. The third-order valence-electron chi connectivity index (χ3n) is 1.63. The zero-order valence-electron chi connectivity index (χ0n) is 7.63. The number of aliphatic hydroxyl groups excluding tert-OH is 1. The molecular weight excluding hydrogens is 269 g/mol. The van der Waals surface area contributed by atoms with Crippen molar-refractivity contribution in [3.05, 3.63) is 0 Å². The van der Waals surface area contributed by atoms with Gasteiger partial charge in [0.15, 0.2) is 0 Å². The van der Waals surface area contributed by atoms with E-state index in [0.717, 1.165) is 32.7 Å². The van der Waals surface area contributed by atoms with Gasteiger partial charge in [-0.2, -0.15) is 0 Å². The smallest absolute Gasteiger partial charge is 0.339 e. The minimum Gasteiger partial charge on any atom is -0.395 e. The first-order chi connectivity index (χ1) is 6.43. The molecule has 0 saturated carbocycles. The van der Waals surface area contributed by atoms with Crippen LogP contribution in [0.25, 0.3) is 0 Å². The molecular formula is C6H14Cl3N2O2P. The maximum absolute atomic E-state index is 9.51. The topological polar surface area (TPSA) is 52.6 Å². The monoisotopic (exact) mass is 282 g/mol. The lowest BCUT2D eigenvalue weighted by atomic mass is 10.4. The average molecular weight is 284 g/mol. The van der Waals surface area contributed by atoms with E-state index in [-0.39, 0.29) is 0 Å². The summed E-state index contributed by atoms with van der Waals surface area (Å²) in [5, 5.41) is 8.58. The van der Waals surface area contributed by atoms with E-state index in [1.165, 1.54) is 0 Å². The number of halogens is 3. The average Bonchev–Trinajstić information content (AvgIpc) is 2.03. The van der Waals surface area contributed by atoms with Gasteiger partial charge in [0.1, 0.15) is 0 Å². The Morgan fingerprint density at radius 2 is 1.71 bits per heavy atom. The molecule has 1 rings (SSSR count). The van der Waals surface area contributed by atoms with E-state index in [0.29, 0.717) is 6.61 Å². The van der Waals surface area contributed by atoms with Crippen LogP contribution in [0.5, 0.6) is 0 Å². The summed E-state index contributed by atoms with van der Waals surface area (Å²) in [6.07, 6.45) is 0. The maximum Gasteiger partial charge on any atom is 0.339 e. The van der Waals surface area contributed by atoms with Crippen LogP contribution in [0.4, 0.5) is 0 Å². The fourth-order valence-electron chi connectivity index (χ4n) is 1.08. The van der Waals surface area contributed by atoms with Gasteiger partial charge in [0.2, 0.25) is 0 Å². The molecule has 1 heterocycles. The number of nitrogens with one attached hydrogen (secondary N) is 1. The van der Waals surface area contributed by atoms with Gasteiger partial charge in [-0.3, -0.25) is 9.46 Å². The van der Waals surface area contributed by atoms with Crippen molar-refractivity contribution >= 4 is 38.9 Å². The molecule has 1 aliphatic heterocycles. The Morgan fingerprint density at radius 3 is 2.07 bits per heavy atom. The van der Waals surface area contributed by atoms with Crippen molar-refractivity contribution in [2.24, 2.45) is 0 Å². The molecule has 0 bridgehead atoms. The lowest BCUT2D eigenvalue weighted by Gasteiger charge is -2.25. The Hall–Kier alpha value is 0.980. The highest BCUT2D eigenvalue weighted by atomic mass is 36.0. The van der Waals surface area contributed by atoms with E-state index in [2.05, 4.69) is 43.9 Å². The van der Waals surface area contributed by atoms with Crippen LogP contribution in [0, 0.1) is 0 Å². The van der Waals surface area contributed by atoms with E-state index in [9.17, 15) is 4.57 Å². The largest absolute Gasteiger partial charge is 0.395 e. The predicted octanol–water partition coefficient (Wildman–Crippen LogP) is 1.69. The van der Waals surface area contributed by atoms with Gasteiger partial charge in [-0.05, 0) is 33.7 Å². The molecule has 86 valence electrons. The third-order valence-corrected chi connectivity index (χ3v) is 1.63. The Kier molecular flexibility index (Phi) is 8.74. The Morgan fingerprint density at radius 1 is 1.29 bits per heavy atom. The normalized spacial score (nSPS) is 18.6. The molecule has 0 aromatic carbocycles. The molecule has 4 nitrogen and oxygen atoms in total. The highest BCUT2D eigenvalue weighted by Gasteiger charge is 2.06. The zero-order valence-corrected chi connectivity index (χ0v) is 10.8. The van der Waals surface area contributed by atoms with E-state index in [4.69, 9.17) is 5.11 Å². The lowest BCUT2D eigenvalue weighted by molar-refractivity contribution is 0.180. The molecule has 0 aliphatic carbocycles. The maximum atomic E-state index is 9.51. The fourth-order valence-corrected chi connectivity index (χ4v) is 1.08. The van der Waals surface area contributed by atoms with Crippen molar-refractivity contribution in [1.29, 1.82) is 0 Å². The van der Waals surface area contributed by atoms with Crippen LogP contribution >= 0.6 is 38.9 Å². The number of piperazine rings is 1. The van der Waals surface area contributed by atoms with Crippen LogP contribution in [-0.4, -0.2) is 49.3 Å². The molecule has 1 aliphatic rings. The predicted molar refractivity (Wildman–Crippen MR) is 61.6 cm³/mol. The van der Waals surface area contributed by atoms with Gasteiger partial charge in [-0.1, -0.05) is 0 Å². The molecule has 0 amide bonds. The Labute approximate surface area is 98.2 Å². The lowest BCUT2D eigenvalue weighted by Crippen LogP contribution is -2.44. The first-order valence-electron chi connectivity index (χ1n) is 4.16. The van der Waals surface area contributed by atoms with Gasteiger partial charge in [0.25, 0.3) is 0 Å². The number of hydrogen-bond donors (Lipinski definition) is 2. The molecule has 0 unspecified atom stereocenters. The summed E-state index contributed by atoms with van der Waals surface area (Å²) in [6.45, 7) is 5.43. The minimum atomic E-state index is -3.22. The van der Waals surface area contributed by atoms with Crippen molar-refractivity contribution in [2.45, 2.75) is 0 Å². The van der Waals surface area contributed by atoms with Crippen molar-refractivity contribution in [3.8, 4) is 0 Å². The number of nitrogens with zero attached hydrogens (tertiary/aromatic N) is 1. The van der Waals surface area contributed by atoms with E-state index >= 15 is 0 Å². The van der Waals surface area contributed by atoms with Gasteiger partial charge in [0, 0.05) is 32.7 Å². The molecule has 0 spiro atoms. The van der Waals surface area contributed by atoms with Gasteiger partial charge < -0.3 is 10.4 Å². The van der Waals surface area contributed by atoms with Crippen LogP contribution in [-0.2, 0) is 4.57 Å². The molecule has 0 aromatic heterocycles. The van der Waals surface area contributed by atoms with Crippen molar-refractivity contribution in [3.63, 3.8) is 0 Å². The summed E-state index contributed by atoms with van der Waals surface area (Å²) in [6, 6.07) is 0. The van der Waals surface area contributed by atoms with Crippen LogP contribution in [0.3, 0.4) is 0 Å². The SMILES string of the molecule is O=P(Cl)(Cl)Cl.OCCN1CCNCC1. The number of rotatable bonds is 2. The second-order valence-electron chi connectivity index (χ2n) is 2.71. The fraction of sp³-hybridized carbons (Fsp3) is 1.00. The molecule has 1 saturated heterocycles. The molecule has 2 N–H and O–H groups in total. The molecule has 0 atom stereocenters. The van der Waals surface area contributed by atoms with Crippen LogP contribution in [0.15, 0.2) is 0 Å². The van der Waals surface area contributed by atoms with Gasteiger partial charge in [-0.15, -0.1) is 0 Å². The molecule has 8 heteroatoms. The van der Waals surface area contributed by atoms with Crippen molar-refractivity contribution in [1.82, 2.24) is 10.2 Å². The summed E-state index contributed by atoms with van der Waals surface area (Å²) in [5.74, 6) is 0. The van der Waals surface area contributed by atoms with Crippen molar-refractivity contribution < 1.29 is 9.67 Å². The van der Waals surface area contributed by atoms with Gasteiger partial charge in [0.05, 0.1) is 6.61 Å². The summed E-state index contributed by atoms with van der Waals surface area (Å²) < 4.78 is 9.51. The van der Waals surface area contributed by atoms with E-state index in [1.807, 2.05) is 0 Å². The summed E-state index contributed by atoms with van der Waals surface area (Å²) in [4.78, 5) is 2.26. The standard InChI is InChI=1S/C6H14N2O.Cl3OP/c9-6-5-8-3-1-7-2-4-8;1-5(2,3)4/h7,9H,1-6H2;. The van der Waals surface area contributed by atoms with E-state index < -0.39 is 5.20 Å². The minimum absolute atomic E-state index is 0.292.